The number of hydrogen-bond donors (Lipinski definition) is 1. The third-order valence-electron chi connectivity index (χ3n) is 1.08. The number of aliphatic carboxylic acids is 1. The van der Waals surface area contributed by atoms with Gasteiger partial charge in [0, 0.05) is 12.4 Å². The number of carboxylic acid groups (broad SMARTS) is 1. The first-order valence-corrected chi connectivity index (χ1v) is 4.04. The van der Waals surface area contributed by atoms with E-state index in [-0.39, 0.29) is 0 Å². The molecule has 0 bridgehead atoms. The lowest BCUT2D eigenvalue weighted by Crippen LogP contribution is -2.06. The summed E-state index contributed by atoms with van der Waals surface area (Å²) in [5, 5.41) is 7.98. The fourth-order valence-electron chi connectivity index (χ4n) is 0.571. The zero-order valence-corrected chi connectivity index (χ0v) is 8.00. The van der Waals surface area contributed by atoms with Crippen LogP contribution in [0.4, 0.5) is 0 Å². The van der Waals surface area contributed by atoms with E-state index in [0.717, 1.165) is 6.26 Å². The molecule has 0 aliphatic carbocycles. The van der Waals surface area contributed by atoms with E-state index in [0.29, 0.717) is 0 Å². The normalized spacial score (nSPS) is 8.00. The number of carbonyl (C=O) groups excluding carboxylic acids is 1. The van der Waals surface area contributed by atoms with Crippen molar-refractivity contribution in [2.75, 3.05) is 0 Å². The molecule has 5 heteroatoms. The van der Waals surface area contributed by atoms with Gasteiger partial charge in [-0.1, -0.05) is 12.6 Å². The molecule has 1 rings (SSSR count). The van der Waals surface area contributed by atoms with E-state index in [1.54, 1.807) is 12.4 Å². The van der Waals surface area contributed by atoms with Crippen molar-refractivity contribution >= 4 is 11.9 Å². The van der Waals surface area contributed by atoms with Crippen LogP contribution in [-0.2, 0) is 14.3 Å². The summed E-state index contributed by atoms with van der Waals surface area (Å²) in [6.45, 7) is 3.07. The molecule has 0 spiro atoms. The third-order valence-corrected chi connectivity index (χ3v) is 1.08. The van der Waals surface area contributed by atoms with Gasteiger partial charge in [0.1, 0.15) is 6.42 Å². The summed E-state index contributed by atoms with van der Waals surface area (Å²) in [7, 11) is 0. The van der Waals surface area contributed by atoms with E-state index in [2.05, 4.69) is 16.3 Å². The minimum Gasteiger partial charge on any atom is -0.481 e. The molecule has 0 saturated carbocycles. The van der Waals surface area contributed by atoms with Crippen LogP contribution >= 0.6 is 0 Å². The number of carbonyl (C=O) groups is 2. The fourth-order valence-corrected chi connectivity index (χ4v) is 0.571. The highest BCUT2D eigenvalue weighted by molar-refractivity contribution is 5.90. The predicted octanol–water partition coefficient (Wildman–Crippen LogP) is 1.23. The smallest absolute Gasteiger partial charge is 0.321 e. The molecule has 5 nitrogen and oxygen atoms in total. The number of carboxylic acids is 1. The highest BCUT2D eigenvalue weighted by Gasteiger charge is 2.05. The average molecular weight is 209 g/mol. The Morgan fingerprint density at radius 1 is 1.33 bits per heavy atom. The van der Waals surface area contributed by atoms with E-state index in [1.165, 1.54) is 0 Å². The molecule has 0 aliphatic heterocycles. The number of pyridine rings is 1. The van der Waals surface area contributed by atoms with E-state index in [9.17, 15) is 9.59 Å². The highest BCUT2D eigenvalue weighted by atomic mass is 16.5. The summed E-state index contributed by atoms with van der Waals surface area (Å²) in [4.78, 5) is 23.7. The van der Waals surface area contributed by atoms with E-state index >= 15 is 0 Å². The first kappa shape index (κ1) is 12.8. The van der Waals surface area contributed by atoms with Crippen molar-refractivity contribution in [1.82, 2.24) is 4.98 Å². The van der Waals surface area contributed by atoms with Crippen LogP contribution < -0.4 is 0 Å². The summed E-state index contributed by atoms with van der Waals surface area (Å²) < 4.78 is 4.10. The minimum atomic E-state index is -1.21. The number of ether oxygens (including phenoxy) is 1. The second kappa shape index (κ2) is 8.43. The molecule has 0 radical (unpaired) electrons. The molecule has 0 aromatic carbocycles. The van der Waals surface area contributed by atoms with Gasteiger partial charge in [-0.25, -0.2) is 0 Å². The average Bonchev–Trinajstić information content (AvgIpc) is 2.20. The van der Waals surface area contributed by atoms with Crippen molar-refractivity contribution in [3.05, 3.63) is 43.4 Å². The largest absolute Gasteiger partial charge is 0.481 e. The quantitative estimate of drug-likeness (QED) is 0.460. The highest BCUT2D eigenvalue weighted by Crippen LogP contribution is 1.84. The summed E-state index contributed by atoms with van der Waals surface area (Å²) >= 11 is 0. The van der Waals surface area contributed by atoms with Gasteiger partial charge in [-0.3, -0.25) is 14.6 Å². The maximum atomic E-state index is 10.2. The number of aromatic nitrogens is 1. The zero-order chi connectivity index (χ0) is 11.5. The maximum absolute atomic E-state index is 10.2. The van der Waals surface area contributed by atoms with Crippen LogP contribution in [-0.4, -0.2) is 22.0 Å². The van der Waals surface area contributed by atoms with E-state index < -0.39 is 18.4 Å². The molecule has 1 N–H and O–H groups in total. The van der Waals surface area contributed by atoms with Crippen LogP contribution in [0, 0.1) is 0 Å². The van der Waals surface area contributed by atoms with Crippen molar-refractivity contribution in [1.29, 1.82) is 0 Å². The molecule has 80 valence electrons. The van der Waals surface area contributed by atoms with Crippen LogP contribution in [0.1, 0.15) is 6.42 Å². The second-order valence-electron chi connectivity index (χ2n) is 2.25. The molecular formula is C10H11NO4. The van der Waals surface area contributed by atoms with E-state index in [1.807, 2.05) is 18.2 Å². The lowest BCUT2D eigenvalue weighted by Gasteiger charge is -1.91. The topological polar surface area (TPSA) is 76.5 Å². The Bertz CT molecular complexity index is 284. The van der Waals surface area contributed by atoms with Gasteiger partial charge >= 0.3 is 11.9 Å². The fraction of sp³-hybridized carbons (Fsp3) is 0.100. The standard InChI is InChI=1S/C5H5N.C5H6O4/c1-2-4-6-5-3-1;1-2-9-5(8)3-4(6)7/h1-5H;2H,1,3H2,(H,6,7). The lowest BCUT2D eigenvalue weighted by atomic mass is 10.4. The van der Waals surface area contributed by atoms with Crippen molar-refractivity contribution in [2.45, 2.75) is 6.42 Å². The zero-order valence-electron chi connectivity index (χ0n) is 8.00. The van der Waals surface area contributed by atoms with Gasteiger partial charge < -0.3 is 9.84 Å². The van der Waals surface area contributed by atoms with Crippen molar-refractivity contribution in [3.63, 3.8) is 0 Å². The van der Waals surface area contributed by atoms with Crippen LogP contribution in [0.25, 0.3) is 0 Å². The number of hydrogen-bond acceptors (Lipinski definition) is 4. The molecule has 0 fully saturated rings. The summed E-state index contributed by atoms with van der Waals surface area (Å²) in [5.74, 6) is -2.01. The molecular weight excluding hydrogens is 198 g/mol. The van der Waals surface area contributed by atoms with Crippen LogP contribution in [0.3, 0.4) is 0 Å². The summed E-state index contributed by atoms with van der Waals surface area (Å²) in [5.41, 5.74) is 0. The lowest BCUT2D eigenvalue weighted by molar-refractivity contribution is -0.147. The van der Waals surface area contributed by atoms with Crippen LogP contribution in [0.2, 0.25) is 0 Å². The maximum Gasteiger partial charge on any atom is 0.321 e. The van der Waals surface area contributed by atoms with E-state index in [4.69, 9.17) is 5.11 Å². The van der Waals surface area contributed by atoms with Crippen LogP contribution in [0.5, 0.6) is 0 Å². The Balaban J connectivity index is 0.000000280. The molecule has 0 amide bonds. The molecule has 0 saturated heterocycles. The molecule has 0 unspecified atom stereocenters. The van der Waals surface area contributed by atoms with Gasteiger partial charge in [0.2, 0.25) is 0 Å². The molecule has 1 heterocycles. The SMILES string of the molecule is C=COC(=O)CC(=O)O.c1ccncc1. The second-order valence-corrected chi connectivity index (χ2v) is 2.25. The Kier molecular flexibility index (Phi) is 7.21. The number of nitrogens with zero attached hydrogens (tertiary/aromatic N) is 1. The molecule has 1 aromatic heterocycles. The Hall–Kier alpha value is -2.17. The summed E-state index contributed by atoms with van der Waals surface area (Å²) in [6, 6.07) is 5.72. The Morgan fingerprint density at radius 3 is 2.20 bits per heavy atom. The predicted molar refractivity (Wildman–Crippen MR) is 52.8 cm³/mol. The van der Waals surface area contributed by atoms with Gasteiger partial charge in [-0.05, 0) is 12.1 Å². The van der Waals surface area contributed by atoms with Crippen molar-refractivity contribution < 1.29 is 19.4 Å². The third kappa shape index (κ3) is 9.75. The first-order chi connectivity index (χ1) is 7.16. The number of rotatable bonds is 3. The van der Waals surface area contributed by atoms with Gasteiger partial charge in [0.05, 0.1) is 6.26 Å². The minimum absolute atomic E-state index is 0.619. The molecule has 0 aliphatic rings. The monoisotopic (exact) mass is 209 g/mol. The van der Waals surface area contributed by atoms with Crippen molar-refractivity contribution in [3.8, 4) is 0 Å². The van der Waals surface area contributed by atoms with Crippen LogP contribution in [0.15, 0.2) is 43.4 Å². The Labute approximate surface area is 87.0 Å². The molecule has 0 atom stereocenters. The first-order valence-electron chi connectivity index (χ1n) is 4.04. The van der Waals surface area contributed by atoms with Crippen molar-refractivity contribution in [2.24, 2.45) is 0 Å². The number of esters is 1. The van der Waals surface area contributed by atoms with Gasteiger partial charge in [-0.15, -0.1) is 0 Å². The Morgan fingerprint density at radius 2 is 1.93 bits per heavy atom. The summed E-state index contributed by atoms with van der Waals surface area (Å²) in [6.07, 6.45) is 3.78. The van der Waals surface area contributed by atoms with Gasteiger partial charge in [0.25, 0.3) is 0 Å². The van der Waals surface area contributed by atoms with Gasteiger partial charge in [0.15, 0.2) is 0 Å². The molecule has 15 heavy (non-hydrogen) atoms. The van der Waals surface area contributed by atoms with Gasteiger partial charge in [-0.2, -0.15) is 0 Å². The molecule has 1 aromatic rings.